The van der Waals surface area contributed by atoms with Crippen LogP contribution in [0, 0.1) is 17.8 Å². The minimum absolute atomic E-state index is 0.849. The predicted molar refractivity (Wildman–Crippen MR) is 90.1 cm³/mol. The van der Waals surface area contributed by atoms with Crippen LogP contribution in [-0.2, 0) is 6.67 Å². The molecule has 0 aliphatic carbocycles. The first-order valence-corrected chi connectivity index (χ1v) is 8.60. The number of benzene rings is 1. The molecule has 0 unspecified atom stereocenters. The van der Waals surface area contributed by atoms with E-state index in [-0.39, 0.29) is 0 Å². The fourth-order valence-electron chi connectivity index (χ4n) is 2.77. The molecule has 2 heterocycles. The lowest BCUT2D eigenvalue weighted by atomic mass is 10.1. The third-order valence-corrected chi connectivity index (χ3v) is 5.14. The average molecular weight is 321 g/mol. The molecular formula is C15H21N4S2+. The van der Waals surface area contributed by atoms with Crippen molar-refractivity contribution in [2.24, 2.45) is 0 Å². The van der Waals surface area contributed by atoms with E-state index in [9.17, 15) is 0 Å². The Labute approximate surface area is 134 Å². The highest BCUT2D eigenvalue weighted by Gasteiger charge is 2.17. The van der Waals surface area contributed by atoms with Gasteiger partial charge < -0.3 is 10.2 Å². The summed E-state index contributed by atoms with van der Waals surface area (Å²) in [5, 5.41) is 8.91. The first kappa shape index (κ1) is 14.7. The highest BCUT2D eigenvalue weighted by atomic mass is 32.1. The zero-order chi connectivity index (χ0) is 14.8. The average Bonchev–Trinajstić information content (AvgIpc) is 3.04. The molecule has 4 nitrogen and oxygen atoms in total. The fourth-order valence-corrected chi connectivity index (χ4v) is 3.79. The quantitative estimate of drug-likeness (QED) is 0.850. The first-order valence-electron chi connectivity index (χ1n) is 7.37. The van der Waals surface area contributed by atoms with E-state index in [0.717, 1.165) is 21.4 Å². The van der Waals surface area contributed by atoms with Gasteiger partial charge in [0.2, 0.25) is 5.13 Å². The molecule has 0 atom stereocenters. The minimum atomic E-state index is 0.849. The van der Waals surface area contributed by atoms with Gasteiger partial charge in [0.15, 0.2) is 10.6 Å². The van der Waals surface area contributed by atoms with Crippen LogP contribution in [0.5, 0.6) is 0 Å². The van der Waals surface area contributed by atoms with Crippen LogP contribution in [0.2, 0.25) is 0 Å². The Bertz CT molecular complexity index is 683. The van der Waals surface area contributed by atoms with Crippen molar-refractivity contribution in [3.05, 3.63) is 33.3 Å². The number of hydrogen-bond donors (Lipinski definition) is 2. The molecule has 0 spiro atoms. The van der Waals surface area contributed by atoms with Crippen LogP contribution in [0.3, 0.4) is 0 Å². The van der Waals surface area contributed by atoms with E-state index in [2.05, 4.69) is 42.5 Å². The number of anilines is 2. The second-order valence-corrected chi connectivity index (χ2v) is 7.35. The number of hydrogen-bond acceptors (Lipinski definition) is 4. The highest BCUT2D eigenvalue weighted by Crippen LogP contribution is 2.23. The molecule has 2 N–H and O–H groups in total. The predicted octanol–water partition coefficient (Wildman–Crippen LogP) is 2.67. The Kier molecular flexibility index (Phi) is 4.37. The summed E-state index contributed by atoms with van der Waals surface area (Å²) in [6.07, 6.45) is 2.64. The normalized spacial score (nSPS) is 15.5. The number of nitrogens with one attached hydrogen (secondary N) is 2. The molecule has 1 aromatic heterocycles. The van der Waals surface area contributed by atoms with Crippen molar-refractivity contribution in [2.45, 2.75) is 33.4 Å². The summed E-state index contributed by atoms with van der Waals surface area (Å²) >= 11 is 6.99. The first-order chi connectivity index (χ1) is 10.1. The summed E-state index contributed by atoms with van der Waals surface area (Å²) in [6.45, 7) is 7.58. The van der Waals surface area contributed by atoms with Crippen molar-refractivity contribution in [2.75, 3.05) is 18.4 Å². The van der Waals surface area contributed by atoms with Crippen LogP contribution in [-0.4, -0.2) is 22.9 Å². The number of quaternary nitrogens is 1. The van der Waals surface area contributed by atoms with E-state index in [1.807, 2.05) is 4.68 Å². The van der Waals surface area contributed by atoms with E-state index in [1.54, 1.807) is 16.2 Å². The summed E-state index contributed by atoms with van der Waals surface area (Å²) < 4.78 is 2.81. The maximum Gasteiger partial charge on any atom is 0.209 e. The fraction of sp³-hybridized carbons (Fsp3) is 0.467. The van der Waals surface area contributed by atoms with Gasteiger partial charge in [0.1, 0.15) is 0 Å². The Morgan fingerprint density at radius 3 is 2.81 bits per heavy atom. The van der Waals surface area contributed by atoms with Gasteiger partial charge >= 0.3 is 0 Å². The molecular weight excluding hydrogens is 300 g/mol. The van der Waals surface area contributed by atoms with E-state index in [4.69, 9.17) is 12.2 Å². The molecule has 6 heteroatoms. The smallest absolute Gasteiger partial charge is 0.209 e. The maximum atomic E-state index is 5.44. The summed E-state index contributed by atoms with van der Waals surface area (Å²) in [4.78, 5) is 1.58. The van der Waals surface area contributed by atoms with E-state index in [1.165, 1.54) is 37.1 Å². The molecule has 1 aromatic carbocycles. The van der Waals surface area contributed by atoms with Crippen LogP contribution in [0.4, 0.5) is 10.8 Å². The molecule has 0 radical (unpaired) electrons. The second kappa shape index (κ2) is 6.25. The van der Waals surface area contributed by atoms with Gasteiger partial charge in [-0.15, -0.1) is 5.10 Å². The Morgan fingerprint density at radius 1 is 1.33 bits per heavy atom. The molecule has 1 fully saturated rings. The largest absolute Gasteiger partial charge is 0.330 e. The molecule has 0 saturated carbocycles. The number of likely N-dealkylation sites (tertiary alicyclic amines) is 1. The van der Waals surface area contributed by atoms with Gasteiger partial charge in [-0.25, -0.2) is 0 Å². The van der Waals surface area contributed by atoms with Crippen molar-refractivity contribution in [3.63, 3.8) is 0 Å². The van der Waals surface area contributed by atoms with Crippen molar-refractivity contribution < 1.29 is 4.90 Å². The van der Waals surface area contributed by atoms with Crippen molar-refractivity contribution in [1.29, 1.82) is 0 Å². The van der Waals surface area contributed by atoms with E-state index in [0.29, 0.717) is 0 Å². The van der Waals surface area contributed by atoms with Gasteiger partial charge in [-0.2, -0.15) is 4.68 Å². The van der Waals surface area contributed by atoms with E-state index < -0.39 is 0 Å². The third-order valence-electron chi connectivity index (χ3n) is 3.91. The van der Waals surface area contributed by atoms with Crippen molar-refractivity contribution in [1.82, 2.24) is 9.78 Å². The Hall–Kier alpha value is -1.24. The van der Waals surface area contributed by atoms with Gasteiger partial charge in [0.05, 0.1) is 13.1 Å². The molecule has 1 saturated heterocycles. The summed E-state index contributed by atoms with van der Waals surface area (Å²) in [5.74, 6) is 0. The highest BCUT2D eigenvalue weighted by molar-refractivity contribution is 7.73. The zero-order valence-corrected chi connectivity index (χ0v) is 14.1. The molecule has 0 amide bonds. The molecule has 1 aliphatic heterocycles. The lowest BCUT2D eigenvalue weighted by Gasteiger charge is -2.11. The Balaban J connectivity index is 1.75. The monoisotopic (exact) mass is 321 g/mol. The number of aromatic nitrogens is 2. The van der Waals surface area contributed by atoms with Gasteiger partial charge in [-0.1, -0.05) is 29.0 Å². The van der Waals surface area contributed by atoms with Gasteiger partial charge in [-0.05, 0) is 37.7 Å². The van der Waals surface area contributed by atoms with Crippen LogP contribution in [0.15, 0.2) is 18.2 Å². The van der Waals surface area contributed by atoms with Crippen LogP contribution >= 0.6 is 23.6 Å². The van der Waals surface area contributed by atoms with Crippen LogP contribution in [0.1, 0.15) is 24.0 Å². The molecule has 3 rings (SSSR count). The number of aryl methyl sites for hydroxylation is 2. The third kappa shape index (κ3) is 3.51. The summed E-state index contributed by atoms with van der Waals surface area (Å²) in [7, 11) is 0. The van der Waals surface area contributed by atoms with Crippen molar-refractivity contribution in [3.8, 4) is 0 Å². The summed E-state index contributed by atoms with van der Waals surface area (Å²) in [5.41, 5.74) is 3.60. The second-order valence-electron chi connectivity index (χ2n) is 5.73. The van der Waals surface area contributed by atoms with E-state index >= 15 is 0 Å². The molecule has 2 aromatic rings. The number of rotatable bonds is 4. The van der Waals surface area contributed by atoms with Crippen LogP contribution < -0.4 is 10.2 Å². The standard InChI is InChI=1S/C15H20N4S2/c1-11-5-6-13(12(2)9-11)16-14-17-19(15(20)21-14)10-18-7-3-4-8-18/h5-6,9H,3-4,7-8,10H2,1-2H3,(H,16,17)/p+1. The lowest BCUT2D eigenvalue weighted by molar-refractivity contribution is -0.911. The van der Waals surface area contributed by atoms with Gasteiger partial charge in [-0.3, -0.25) is 0 Å². The minimum Gasteiger partial charge on any atom is -0.330 e. The molecule has 1 aliphatic rings. The Morgan fingerprint density at radius 2 is 2.10 bits per heavy atom. The molecule has 112 valence electrons. The van der Waals surface area contributed by atoms with Gasteiger partial charge in [0.25, 0.3) is 0 Å². The SMILES string of the molecule is Cc1ccc(Nc2nn(C[NH+]3CCCC3)c(=S)s2)c(C)c1. The van der Waals surface area contributed by atoms with Crippen molar-refractivity contribution >= 4 is 34.4 Å². The summed E-state index contributed by atoms with van der Waals surface area (Å²) in [6, 6.07) is 6.39. The molecule has 0 bridgehead atoms. The molecule has 21 heavy (non-hydrogen) atoms. The maximum absolute atomic E-state index is 5.44. The van der Waals surface area contributed by atoms with Crippen LogP contribution in [0.25, 0.3) is 0 Å². The number of nitrogens with zero attached hydrogens (tertiary/aromatic N) is 2. The topological polar surface area (TPSA) is 34.3 Å². The van der Waals surface area contributed by atoms with Gasteiger partial charge in [0, 0.05) is 18.5 Å². The lowest BCUT2D eigenvalue weighted by Crippen LogP contribution is -3.09. The zero-order valence-electron chi connectivity index (χ0n) is 12.5.